The smallest absolute Gasteiger partial charge is 0.0455 e. The molecule has 0 fully saturated rings. The molecule has 0 aromatic heterocycles. The minimum atomic E-state index is 0.164. The third kappa shape index (κ3) is 4.28. The Balaban J connectivity index is 5.14. The van der Waals surface area contributed by atoms with E-state index < -0.39 is 0 Å². The van der Waals surface area contributed by atoms with E-state index >= 15 is 0 Å². The summed E-state index contributed by atoms with van der Waals surface area (Å²) in [6.07, 6.45) is 0. The molecule has 0 aromatic rings. The summed E-state index contributed by atoms with van der Waals surface area (Å²) < 4.78 is 0. The average Bonchev–Trinajstić information content (AvgIpc) is 1.81. The molecule has 0 spiro atoms. The van der Waals surface area contributed by atoms with Crippen molar-refractivity contribution in [3.63, 3.8) is 0 Å². The number of nitrogens with zero attached hydrogens (tertiary/aromatic N) is 1. The van der Waals surface area contributed by atoms with Crippen molar-refractivity contribution in [3.05, 3.63) is 5.57 Å². The summed E-state index contributed by atoms with van der Waals surface area (Å²) >= 11 is 0. The van der Waals surface area contributed by atoms with Gasteiger partial charge in [0.1, 0.15) is 0 Å². The highest BCUT2D eigenvalue weighted by Crippen LogP contribution is 2.36. The van der Waals surface area contributed by atoms with Gasteiger partial charge in [-0.05, 0) is 23.6 Å². The van der Waals surface area contributed by atoms with Gasteiger partial charge in [-0.1, -0.05) is 41.5 Å². The highest BCUT2D eigenvalue weighted by atomic mass is 14.7. The fourth-order valence-electron chi connectivity index (χ4n) is 1.62. The Labute approximate surface area is 83.0 Å². The molecule has 13 heavy (non-hydrogen) atoms. The van der Waals surface area contributed by atoms with Gasteiger partial charge in [0.2, 0.25) is 0 Å². The van der Waals surface area contributed by atoms with Crippen LogP contribution in [0.15, 0.2) is 10.6 Å². The molecule has 1 heteroatoms. The Kier molecular flexibility index (Phi) is 3.93. The van der Waals surface area contributed by atoms with Crippen LogP contribution in [0.3, 0.4) is 0 Å². The maximum Gasteiger partial charge on any atom is 0.0455 e. The predicted molar refractivity (Wildman–Crippen MR) is 60.4 cm³/mol. The van der Waals surface area contributed by atoms with Gasteiger partial charge in [-0.15, -0.1) is 0 Å². The van der Waals surface area contributed by atoms with E-state index in [2.05, 4.69) is 52.4 Å². The van der Waals surface area contributed by atoms with Crippen molar-refractivity contribution in [1.82, 2.24) is 0 Å². The van der Waals surface area contributed by atoms with Crippen LogP contribution < -0.4 is 0 Å². The molecule has 0 radical (unpaired) electrons. The predicted octanol–water partition coefficient (Wildman–Crippen LogP) is 3.69. The summed E-state index contributed by atoms with van der Waals surface area (Å²) in [7, 11) is 0. The highest BCUT2D eigenvalue weighted by Gasteiger charge is 2.28. The first-order valence-electron chi connectivity index (χ1n) is 5.00. The second-order valence-corrected chi connectivity index (χ2v) is 5.46. The quantitative estimate of drug-likeness (QED) is 0.547. The fraction of sp³-hybridized carbons (Fsp3) is 0.833. The van der Waals surface area contributed by atoms with E-state index in [1.807, 2.05) is 6.92 Å². The van der Waals surface area contributed by atoms with Crippen LogP contribution >= 0.6 is 0 Å². The molecule has 0 amide bonds. The summed E-state index contributed by atoms with van der Waals surface area (Å²) in [4.78, 5) is 4.22. The molecule has 0 saturated carbocycles. The third-order valence-corrected chi connectivity index (χ3v) is 1.85. The Morgan fingerprint density at radius 2 is 1.38 bits per heavy atom. The Bertz CT molecular complexity index is 200. The summed E-state index contributed by atoms with van der Waals surface area (Å²) in [6.45, 7) is 16.1. The maximum atomic E-state index is 4.22. The molecule has 0 rings (SSSR count). The lowest BCUT2D eigenvalue weighted by atomic mass is 9.73. The van der Waals surface area contributed by atoms with E-state index in [-0.39, 0.29) is 10.8 Å². The van der Waals surface area contributed by atoms with Gasteiger partial charge in [-0.3, -0.25) is 0 Å². The third-order valence-electron chi connectivity index (χ3n) is 1.85. The molecule has 0 bridgehead atoms. The van der Waals surface area contributed by atoms with Crippen molar-refractivity contribution in [3.8, 4) is 0 Å². The van der Waals surface area contributed by atoms with Crippen LogP contribution in [0.1, 0.15) is 48.5 Å². The molecule has 0 aliphatic rings. The number of hydrogen-bond acceptors (Lipinski definition) is 1. The van der Waals surface area contributed by atoms with Gasteiger partial charge in [0.05, 0.1) is 0 Å². The van der Waals surface area contributed by atoms with E-state index in [0.717, 1.165) is 6.54 Å². The van der Waals surface area contributed by atoms with Crippen molar-refractivity contribution in [1.29, 1.82) is 0 Å². The molecule has 76 valence electrons. The minimum Gasteiger partial charge on any atom is -0.243 e. The van der Waals surface area contributed by atoms with Gasteiger partial charge in [-0.25, -0.2) is 4.99 Å². The van der Waals surface area contributed by atoms with Gasteiger partial charge in [0.25, 0.3) is 0 Å². The number of aliphatic imine (C=N–C) groups is 1. The SMILES string of the molecule is CCN=C=C(C(C)(C)C)C(C)(C)C. The largest absolute Gasteiger partial charge is 0.243 e. The van der Waals surface area contributed by atoms with Gasteiger partial charge >= 0.3 is 0 Å². The number of allylic oxidation sites excluding steroid dienone is 1. The first kappa shape index (κ1) is 12.4. The number of hydrogen-bond donors (Lipinski definition) is 0. The second kappa shape index (κ2) is 4.11. The standard InChI is InChI=1S/C12H23N/c1-8-13-9-10(11(2,3)4)12(5,6)7/h8H2,1-7H3. The van der Waals surface area contributed by atoms with E-state index in [9.17, 15) is 0 Å². The fourth-order valence-corrected chi connectivity index (χ4v) is 1.62. The first-order valence-corrected chi connectivity index (χ1v) is 5.00. The highest BCUT2D eigenvalue weighted by molar-refractivity contribution is 5.61. The lowest BCUT2D eigenvalue weighted by Gasteiger charge is -2.31. The van der Waals surface area contributed by atoms with Gasteiger partial charge in [-0.2, -0.15) is 0 Å². The zero-order valence-electron chi connectivity index (χ0n) is 10.2. The summed E-state index contributed by atoms with van der Waals surface area (Å²) in [6, 6.07) is 0. The van der Waals surface area contributed by atoms with Crippen molar-refractivity contribution < 1.29 is 0 Å². The molecule has 0 saturated heterocycles. The van der Waals surface area contributed by atoms with Gasteiger partial charge in [0.15, 0.2) is 0 Å². The summed E-state index contributed by atoms with van der Waals surface area (Å²) in [5.41, 5.74) is 1.62. The molecule has 0 unspecified atom stereocenters. The normalized spacial score (nSPS) is 12.2. The minimum absolute atomic E-state index is 0.164. The molecule has 0 N–H and O–H groups in total. The average molecular weight is 181 g/mol. The molecule has 0 heterocycles. The van der Waals surface area contributed by atoms with Crippen LogP contribution in [0, 0.1) is 10.8 Å². The zero-order valence-corrected chi connectivity index (χ0v) is 10.2. The Hall–Kier alpha value is -0.550. The van der Waals surface area contributed by atoms with E-state index in [4.69, 9.17) is 0 Å². The van der Waals surface area contributed by atoms with Crippen LogP contribution in [0.2, 0.25) is 0 Å². The summed E-state index contributed by atoms with van der Waals surface area (Å²) in [5, 5.41) is 0. The molecule has 0 aliphatic carbocycles. The molecule has 0 atom stereocenters. The van der Waals surface area contributed by atoms with Crippen LogP contribution in [-0.4, -0.2) is 12.4 Å². The first-order chi connectivity index (χ1) is 5.69. The van der Waals surface area contributed by atoms with Gasteiger partial charge in [0, 0.05) is 12.1 Å². The van der Waals surface area contributed by atoms with Crippen molar-refractivity contribution in [2.45, 2.75) is 48.5 Å². The Morgan fingerprint density at radius 3 is 1.62 bits per heavy atom. The van der Waals surface area contributed by atoms with Crippen LogP contribution in [-0.2, 0) is 0 Å². The van der Waals surface area contributed by atoms with Gasteiger partial charge < -0.3 is 0 Å². The molecular formula is C12H23N. The molecule has 0 aliphatic heterocycles. The maximum absolute atomic E-state index is 4.22. The van der Waals surface area contributed by atoms with Crippen molar-refractivity contribution >= 4 is 5.87 Å². The van der Waals surface area contributed by atoms with E-state index in [0.29, 0.717) is 0 Å². The second-order valence-electron chi connectivity index (χ2n) is 5.46. The number of rotatable bonds is 1. The van der Waals surface area contributed by atoms with E-state index in [1.54, 1.807) is 0 Å². The Morgan fingerprint density at radius 1 is 1.00 bits per heavy atom. The van der Waals surface area contributed by atoms with Crippen molar-refractivity contribution in [2.75, 3.05) is 6.54 Å². The van der Waals surface area contributed by atoms with Crippen LogP contribution in [0.5, 0.6) is 0 Å². The molecular weight excluding hydrogens is 158 g/mol. The molecule has 0 aromatic carbocycles. The lowest BCUT2D eigenvalue weighted by molar-refractivity contribution is 0.370. The van der Waals surface area contributed by atoms with Crippen LogP contribution in [0.4, 0.5) is 0 Å². The molecule has 1 nitrogen and oxygen atoms in total. The van der Waals surface area contributed by atoms with E-state index in [1.165, 1.54) is 5.57 Å². The summed E-state index contributed by atoms with van der Waals surface area (Å²) in [5.74, 6) is 3.19. The monoisotopic (exact) mass is 181 g/mol. The van der Waals surface area contributed by atoms with Crippen molar-refractivity contribution in [2.24, 2.45) is 15.8 Å². The van der Waals surface area contributed by atoms with Crippen LogP contribution in [0.25, 0.3) is 0 Å². The topological polar surface area (TPSA) is 12.4 Å². The lowest BCUT2D eigenvalue weighted by Crippen LogP contribution is -2.22. The zero-order chi connectivity index (χ0) is 10.7.